The normalized spacial score (nSPS) is 14.7. The smallest absolute Gasteiger partial charge is 0.242 e. The van der Waals surface area contributed by atoms with Crippen LogP contribution in [0.15, 0.2) is 24.3 Å². The van der Waals surface area contributed by atoms with Crippen LogP contribution in [0.4, 0.5) is 0 Å². The summed E-state index contributed by atoms with van der Waals surface area (Å²) in [5, 5.41) is 9.95. The van der Waals surface area contributed by atoms with Crippen molar-refractivity contribution in [2.24, 2.45) is 11.7 Å². The van der Waals surface area contributed by atoms with Crippen LogP contribution in [0.3, 0.4) is 0 Å². The Morgan fingerprint density at radius 1 is 1.11 bits per heavy atom. The molecule has 3 nitrogen and oxygen atoms in total. The molecule has 0 bridgehead atoms. The van der Waals surface area contributed by atoms with Crippen LogP contribution in [0, 0.1) is 5.92 Å². The van der Waals surface area contributed by atoms with Gasteiger partial charge in [-0.1, -0.05) is 26.0 Å². The van der Waals surface area contributed by atoms with Crippen molar-refractivity contribution in [2.75, 3.05) is 0 Å². The van der Waals surface area contributed by atoms with Crippen LogP contribution in [0.2, 0.25) is 19.6 Å². The van der Waals surface area contributed by atoms with Crippen molar-refractivity contribution < 1.29 is 9.53 Å². The molecule has 110 valence electrons. The minimum absolute atomic E-state index is 0. The molecule has 5 heteroatoms. The van der Waals surface area contributed by atoms with Crippen LogP contribution in [0.1, 0.15) is 25.5 Å². The predicted octanol–water partition coefficient (Wildman–Crippen LogP) is 3.34. The first-order valence-electron chi connectivity index (χ1n) is 6.43. The molecule has 2 atom stereocenters. The number of rotatable bonds is 5. The topological polar surface area (TPSA) is 55.5 Å². The van der Waals surface area contributed by atoms with Gasteiger partial charge in [-0.05, 0) is 43.3 Å². The maximum Gasteiger partial charge on any atom is 0.242 e. The zero-order valence-electron chi connectivity index (χ0n) is 12.4. The minimum Gasteiger partial charge on any atom is -0.544 e. The molecule has 0 heterocycles. The van der Waals surface area contributed by atoms with Crippen molar-refractivity contribution in [3.8, 4) is 5.75 Å². The SMILES string of the molecule is CC(C)[C@H](O)[C@H](N)c1ccc(O[Si](C)(C)C)cc1.Cl. The van der Waals surface area contributed by atoms with Gasteiger partial charge < -0.3 is 15.3 Å². The maximum atomic E-state index is 9.95. The lowest BCUT2D eigenvalue weighted by Crippen LogP contribution is -2.31. The molecular weight excluding hydrogens is 278 g/mol. The Morgan fingerprint density at radius 2 is 1.58 bits per heavy atom. The molecule has 3 N–H and O–H groups in total. The fraction of sp³-hybridized carbons (Fsp3) is 0.571. The van der Waals surface area contributed by atoms with Gasteiger partial charge in [0.25, 0.3) is 0 Å². The van der Waals surface area contributed by atoms with Gasteiger partial charge in [-0.25, -0.2) is 0 Å². The Bertz CT molecular complexity index is 376. The van der Waals surface area contributed by atoms with Gasteiger partial charge in [0.1, 0.15) is 5.75 Å². The van der Waals surface area contributed by atoms with E-state index in [1.165, 1.54) is 0 Å². The first-order chi connectivity index (χ1) is 8.20. The van der Waals surface area contributed by atoms with Crippen LogP contribution in [0.5, 0.6) is 5.75 Å². The van der Waals surface area contributed by atoms with Gasteiger partial charge in [-0.2, -0.15) is 0 Å². The number of aliphatic hydroxyl groups excluding tert-OH is 1. The Hall–Kier alpha value is -0.553. The molecule has 0 aromatic heterocycles. The van der Waals surface area contributed by atoms with E-state index < -0.39 is 14.4 Å². The van der Waals surface area contributed by atoms with Gasteiger partial charge in [0.2, 0.25) is 8.32 Å². The molecule has 0 aliphatic heterocycles. The first kappa shape index (κ1) is 18.4. The van der Waals surface area contributed by atoms with Crippen molar-refractivity contribution in [3.05, 3.63) is 29.8 Å². The molecule has 19 heavy (non-hydrogen) atoms. The second-order valence-corrected chi connectivity index (χ2v) is 10.5. The molecule has 0 radical (unpaired) electrons. The van der Waals surface area contributed by atoms with Crippen LogP contribution in [-0.2, 0) is 0 Å². The molecule has 0 saturated heterocycles. The van der Waals surface area contributed by atoms with Crippen LogP contribution >= 0.6 is 12.4 Å². The van der Waals surface area contributed by atoms with E-state index in [2.05, 4.69) is 19.6 Å². The highest BCUT2D eigenvalue weighted by Gasteiger charge is 2.20. The van der Waals surface area contributed by atoms with E-state index in [9.17, 15) is 5.11 Å². The number of halogens is 1. The molecule has 0 unspecified atom stereocenters. The van der Waals surface area contributed by atoms with Gasteiger partial charge in [-0.3, -0.25) is 0 Å². The van der Waals surface area contributed by atoms with Crippen LogP contribution in [-0.4, -0.2) is 19.5 Å². The van der Waals surface area contributed by atoms with Gasteiger partial charge in [-0.15, -0.1) is 12.4 Å². The van der Waals surface area contributed by atoms with E-state index in [4.69, 9.17) is 10.2 Å². The Labute approximate surface area is 123 Å². The van der Waals surface area contributed by atoms with E-state index in [-0.39, 0.29) is 24.4 Å². The predicted molar refractivity (Wildman–Crippen MR) is 85.4 cm³/mol. The van der Waals surface area contributed by atoms with E-state index in [1.54, 1.807) is 0 Å². The third-order valence-corrected chi connectivity index (χ3v) is 3.59. The molecule has 0 aliphatic carbocycles. The summed E-state index contributed by atoms with van der Waals surface area (Å²) in [5.41, 5.74) is 6.98. The Kier molecular flexibility index (Phi) is 7.08. The van der Waals surface area contributed by atoms with Gasteiger partial charge >= 0.3 is 0 Å². The van der Waals surface area contributed by atoms with Gasteiger partial charge in [0.05, 0.1) is 12.1 Å². The second-order valence-electron chi connectivity index (χ2n) is 6.04. The fourth-order valence-electron chi connectivity index (χ4n) is 1.72. The molecular formula is C14H26ClNO2Si. The molecule has 1 aromatic rings. The monoisotopic (exact) mass is 303 g/mol. The Morgan fingerprint density at radius 3 is 1.95 bits per heavy atom. The van der Waals surface area contributed by atoms with Crippen molar-refractivity contribution >= 4 is 20.7 Å². The molecule has 1 rings (SSSR count). The van der Waals surface area contributed by atoms with Crippen LogP contribution < -0.4 is 10.2 Å². The number of nitrogens with two attached hydrogens (primary N) is 1. The fourth-order valence-corrected chi connectivity index (χ4v) is 2.57. The molecule has 0 fully saturated rings. The van der Waals surface area contributed by atoms with E-state index >= 15 is 0 Å². The zero-order valence-corrected chi connectivity index (χ0v) is 14.2. The summed E-state index contributed by atoms with van der Waals surface area (Å²) in [4.78, 5) is 0. The van der Waals surface area contributed by atoms with Crippen molar-refractivity contribution in [1.29, 1.82) is 0 Å². The second kappa shape index (κ2) is 7.29. The third kappa shape index (κ3) is 5.95. The average Bonchev–Trinajstić information content (AvgIpc) is 2.26. The maximum absolute atomic E-state index is 9.95. The molecule has 0 aliphatic rings. The summed E-state index contributed by atoms with van der Waals surface area (Å²) in [6.07, 6.45) is -0.520. The summed E-state index contributed by atoms with van der Waals surface area (Å²) in [5.74, 6) is 1.03. The van der Waals surface area contributed by atoms with Crippen LogP contribution in [0.25, 0.3) is 0 Å². The first-order valence-corrected chi connectivity index (χ1v) is 9.84. The van der Waals surface area contributed by atoms with Crippen molar-refractivity contribution in [2.45, 2.75) is 45.6 Å². The largest absolute Gasteiger partial charge is 0.544 e. The zero-order chi connectivity index (χ0) is 13.9. The number of benzene rings is 1. The van der Waals surface area contributed by atoms with Gasteiger partial charge in [0, 0.05) is 0 Å². The molecule has 0 spiro atoms. The molecule has 1 aromatic carbocycles. The highest BCUT2D eigenvalue weighted by Crippen LogP contribution is 2.23. The lowest BCUT2D eigenvalue weighted by molar-refractivity contribution is 0.0979. The van der Waals surface area contributed by atoms with E-state index in [0.717, 1.165) is 11.3 Å². The summed E-state index contributed by atoms with van der Waals surface area (Å²) in [7, 11) is -1.56. The average molecular weight is 304 g/mol. The van der Waals surface area contributed by atoms with Crippen molar-refractivity contribution in [1.82, 2.24) is 0 Å². The summed E-state index contributed by atoms with van der Waals surface area (Å²) < 4.78 is 5.88. The number of hydrogen-bond donors (Lipinski definition) is 2. The standard InChI is InChI=1S/C14H25NO2Si.ClH/c1-10(2)14(16)13(15)11-6-8-12(9-7-11)17-18(3,4)5;/h6-10,13-14,16H,15H2,1-5H3;1H/t13-,14+;/m1./s1. The number of aliphatic hydroxyl groups is 1. The Balaban J connectivity index is 0.00000324. The summed E-state index contributed by atoms with van der Waals surface area (Å²) in [6.45, 7) is 10.4. The molecule has 0 saturated carbocycles. The summed E-state index contributed by atoms with van der Waals surface area (Å²) in [6, 6.07) is 7.39. The quantitative estimate of drug-likeness (QED) is 0.820. The highest BCUT2D eigenvalue weighted by atomic mass is 35.5. The lowest BCUT2D eigenvalue weighted by Gasteiger charge is -2.23. The van der Waals surface area contributed by atoms with Crippen molar-refractivity contribution in [3.63, 3.8) is 0 Å². The lowest BCUT2D eigenvalue weighted by atomic mass is 9.94. The molecule has 0 amide bonds. The third-order valence-electron chi connectivity index (χ3n) is 2.74. The number of hydrogen-bond acceptors (Lipinski definition) is 3. The van der Waals surface area contributed by atoms with Gasteiger partial charge in [0.15, 0.2) is 0 Å². The minimum atomic E-state index is -1.56. The summed E-state index contributed by atoms with van der Waals surface area (Å²) >= 11 is 0. The van der Waals surface area contributed by atoms with E-state index in [0.29, 0.717) is 0 Å². The van der Waals surface area contributed by atoms with E-state index in [1.807, 2.05) is 38.1 Å². The highest BCUT2D eigenvalue weighted by molar-refractivity contribution is 6.70.